The van der Waals surface area contributed by atoms with E-state index in [0.29, 0.717) is 46.6 Å². The minimum Gasteiger partial charge on any atom is -0.467 e. The molecule has 0 N–H and O–H groups in total. The minimum absolute atomic E-state index is 0.0189. The van der Waals surface area contributed by atoms with Gasteiger partial charge in [-0.15, -0.1) is 10.2 Å². The summed E-state index contributed by atoms with van der Waals surface area (Å²) in [5, 5.41) is 13.7. The Kier molecular flexibility index (Phi) is 6.68. The molecule has 160 valence electrons. The highest BCUT2D eigenvalue weighted by atomic mass is 35.5. The number of benzene rings is 1. The molecule has 0 unspecified atom stereocenters. The standard InChI is InChI=1S/C20H18ClN5O4S/c1-2-28-18(27)10-17-23-24-20(26(17)11-15-4-3-9-29-15)31-12-16-22-19(30-25-16)13-5-7-14(21)8-6-13/h3-9H,2,10-12H2,1H3. The molecule has 0 aliphatic heterocycles. The fraction of sp³-hybridized carbons (Fsp3) is 0.250. The summed E-state index contributed by atoms with van der Waals surface area (Å²) in [5.41, 5.74) is 0.783. The molecule has 4 aromatic rings. The molecule has 0 bridgehead atoms. The van der Waals surface area contributed by atoms with Crippen molar-refractivity contribution >= 4 is 29.3 Å². The summed E-state index contributed by atoms with van der Waals surface area (Å²) in [4.78, 5) is 16.4. The first-order valence-corrected chi connectivity index (χ1v) is 10.8. The van der Waals surface area contributed by atoms with Crippen LogP contribution in [-0.2, 0) is 28.2 Å². The van der Waals surface area contributed by atoms with E-state index in [1.807, 2.05) is 22.8 Å². The maximum Gasteiger partial charge on any atom is 0.313 e. The van der Waals surface area contributed by atoms with E-state index in [2.05, 4.69) is 20.3 Å². The number of rotatable bonds is 9. The van der Waals surface area contributed by atoms with Gasteiger partial charge in [0.2, 0.25) is 0 Å². The largest absolute Gasteiger partial charge is 0.467 e. The molecule has 1 aromatic carbocycles. The van der Waals surface area contributed by atoms with Gasteiger partial charge >= 0.3 is 5.97 Å². The summed E-state index contributed by atoms with van der Waals surface area (Å²) >= 11 is 7.30. The predicted octanol–water partition coefficient (Wildman–Crippen LogP) is 4.02. The fourth-order valence-electron chi connectivity index (χ4n) is 2.77. The molecule has 0 radical (unpaired) electrons. The molecule has 0 spiro atoms. The van der Waals surface area contributed by atoms with E-state index >= 15 is 0 Å². The van der Waals surface area contributed by atoms with Crippen LogP contribution in [0.2, 0.25) is 5.02 Å². The molecule has 0 atom stereocenters. The van der Waals surface area contributed by atoms with Gasteiger partial charge in [-0.05, 0) is 43.3 Å². The third-order valence-electron chi connectivity index (χ3n) is 4.18. The molecular weight excluding hydrogens is 442 g/mol. The van der Waals surface area contributed by atoms with Gasteiger partial charge < -0.3 is 13.7 Å². The van der Waals surface area contributed by atoms with Crippen molar-refractivity contribution in [2.24, 2.45) is 0 Å². The van der Waals surface area contributed by atoms with Gasteiger partial charge in [-0.25, -0.2) is 0 Å². The van der Waals surface area contributed by atoms with Gasteiger partial charge in [-0.1, -0.05) is 28.5 Å². The maximum absolute atomic E-state index is 11.9. The number of carbonyl (C=O) groups excluding carboxylic acids is 1. The highest BCUT2D eigenvalue weighted by molar-refractivity contribution is 7.98. The number of furan rings is 1. The molecule has 9 nitrogen and oxygen atoms in total. The molecule has 4 rings (SSSR count). The Labute approximate surface area is 186 Å². The molecular formula is C20H18ClN5O4S. The van der Waals surface area contributed by atoms with E-state index in [0.717, 1.165) is 11.3 Å². The second kappa shape index (κ2) is 9.80. The Bertz CT molecular complexity index is 1140. The Hall–Kier alpha value is -3.11. The number of carbonyl (C=O) groups is 1. The molecule has 0 aliphatic rings. The van der Waals surface area contributed by atoms with Crippen molar-refractivity contribution in [1.29, 1.82) is 0 Å². The van der Waals surface area contributed by atoms with Crippen molar-refractivity contribution < 1.29 is 18.5 Å². The molecule has 31 heavy (non-hydrogen) atoms. The summed E-state index contributed by atoms with van der Waals surface area (Å²) < 4.78 is 17.6. The zero-order chi connectivity index (χ0) is 21.6. The minimum atomic E-state index is -0.363. The van der Waals surface area contributed by atoms with Crippen molar-refractivity contribution in [2.75, 3.05) is 6.61 Å². The van der Waals surface area contributed by atoms with Crippen LogP contribution in [0.5, 0.6) is 0 Å². The molecule has 0 fully saturated rings. The first-order chi connectivity index (χ1) is 15.1. The lowest BCUT2D eigenvalue weighted by molar-refractivity contribution is -0.142. The quantitative estimate of drug-likeness (QED) is 0.270. The topological polar surface area (TPSA) is 109 Å². The van der Waals surface area contributed by atoms with Gasteiger partial charge in [-0.2, -0.15) is 4.98 Å². The molecule has 0 saturated heterocycles. The van der Waals surface area contributed by atoms with Crippen LogP contribution in [-0.4, -0.2) is 37.5 Å². The monoisotopic (exact) mass is 459 g/mol. The van der Waals surface area contributed by atoms with Crippen molar-refractivity contribution in [1.82, 2.24) is 24.9 Å². The predicted molar refractivity (Wildman–Crippen MR) is 112 cm³/mol. The van der Waals surface area contributed by atoms with Crippen LogP contribution in [0.15, 0.2) is 56.8 Å². The smallest absolute Gasteiger partial charge is 0.313 e. The van der Waals surface area contributed by atoms with Gasteiger partial charge in [0.05, 0.1) is 25.2 Å². The Morgan fingerprint density at radius 2 is 2.06 bits per heavy atom. The number of aromatic nitrogens is 5. The molecule has 3 heterocycles. The first-order valence-electron chi connectivity index (χ1n) is 9.43. The highest BCUT2D eigenvalue weighted by Gasteiger charge is 2.19. The number of halogens is 1. The van der Waals surface area contributed by atoms with Crippen molar-refractivity contribution in [3.63, 3.8) is 0 Å². The van der Waals surface area contributed by atoms with Crippen molar-refractivity contribution in [3.05, 3.63) is 65.1 Å². The number of nitrogens with zero attached hydrogens (tertiary/aromatic N) is 5. The van der Waals surface area contributed by atoms with E-state index < -0.39 is 0 Å². The van der Waals surface area contributed by atoms with Gasteiger partial charge in [0, 0.05) is 10.6 Å². The molecule has 11 heteroatoms. The zero-order valence-electron chi connectivity index (χ0n) is 16.5. The first kappa shape index (κ1) is 21.1. The average Bonchev–Trinajstić information content (AvgIpc) is 3.51. The van der Waals surface area contributed by atoms with Crippen molar-refractivity contribution in [3.8, 4) is 11.5 Å². The van der Waals surface area contributed by atoms with Gasteiger partial charge in [0.25, 0.3) is 5.89 Å². The lowest BCUT2D eigenvalue weighted by atomic mass is 10.2. The summed E-state index contributed by atoms with van der Waals surface area (Å²) in [6.45, 7) is 2.45. The van der Waals surface area contributed by atoms with E-state index in [9.17, 15) is 4.79 Å². The third kappa shape index (κ3) is 5.33. The van der Waals surface area contributed by atoms with Gasteiger partial charge in [-0.3, -0.25) is 9.36 Å². The average molecular weight is 460 g/mol. The van der Waals surface area contributed by atoms with Crippen LogP contribution in [0, 0.1) is 0 Å². The van der Waals surface area contributed by atoms with Crippen LogP contribution >= 0.6 is 23.4 Å². The van der Waals surface area contributed by atoms with Crippen molar-refractivity contribution in [2.45, 2.75) is 30.8 Å². The summed E-state index contributed by atoms with van der Waals surface area (Å²) in [7, 11) is 0. The highest BCUT2D eigenvalue weighted by Crippen LogP contribution is 2.25. The molecule has 3 aromatic heterocycles. The van der Waals surface area contributed by atoms with E-state index in [-0.39, 0.29) is 12.4 Å². The van der Waals surface area contributed by atoms with Crippen LogP contribution < -0.4 is 0 Å². The van der Waals surface area contributed by atoms with E-state index in [4.69, 9.17) is 25.3 Å². The Morgan fingerprint density at radius 1 is 1.23 bits per heavy atom. The van der Waals surface area contributed by atoms with Crippen LogP contribution in [0.3, 0.4) is 0 Å². The van der Waals surface area contributed by atoms with Crippen LogP contribution in [0.4, 0.5) is 0 Å². The lowest BCUT2D eigenvalue weighted by Gasteiger charge is -2.08. The lowest BCUT2D eigenvalue weighted by Crippen LogP contribution is -2.14. The van der Waals surface area contributed by atoms with E-state index in [1.165, 1.54) is 11.8 Å². The second-order valence-electron chi connectivity index (χ2n) is 6.36. The summed E-state index contributed by atoms with van der Waals surface area (Å²) in [6.07, 6.45) is 1.61. The number of esters is 1. The SMILES string of the molecule is CCOC(=O)Cc1nnc(SCc2noc(-c3ccc(Cl)cc3)n2)n1Cc1ccco1. The fourth-order valence-corrected chi connectivity index (χ4v) is 3.69. The number of hydrogen-bond donors (Lipinski definition) is 0. The molecule has 0 aliphatic carbocycles. The maximum atomic E-state index is 11.9. The zero-order valence-corrected chi connectivity index (χ0v) is 18.1. The van der Waals surface area contributed by atoms with Crippen LogP contribution in [0.1, 0.15) is 24.3 Å². The van der Waals surface area contributed by atoms with Crippen LogP contribution in [0.25, 0.3) is 11.5 Å². The third-order valence-corrected chi connectivity index (χ3v) is 5.40. The van der Waals surface area contributed by atoms with E-state index in [1.54, 1.807) is 31.4 Å². The number of hydrogen-bond acceptors (Lipinski definition) is 9. The molecule has 0 amide bonds. The van der Waals surface area contributed by atoms with Gasteiger partial charge in [0.15, 0.2) is 11.0 Å². The number of ether oxygens (including phenoxy) is 1. The Balaban J connectivity index is 1.49. The Morgan fingerprint density at radius 3 is 2.81 bits per heavy atom. The van der Waals surface area contributed by atoms with Gasteiger partial charge in [0.1, 0.15) is 18.0 Å². The second-order valence-corrected chi connectivity index (χ2v) is 7.74. The summed E-state index contributed by atoms with van der Waals surface area (Å²) in [5.74, 6) is 2.18. The normalized spacial score (nSPS) is 11.0. The number of thioether (sulfide) groups is 1. The molecule has 0 saturated carbocycles. The summed E-state index contributed by atoms with van der Waals surface area (Å²) in [6, 6.07) is 10.8.